The van der Waals surface area contributed by atoms with Crippen LogP contribution in [0.2, 0.25) is 0 Å². The topological polar surface area (TPSA) is 116 Å². The average Bonchev–Trinajstić information content (AvgIpc) is 3.40. The van der Waals surface area contributed by atoms with Gasteiger partial charge in [-0.25, -0.2) is 9.69 Å². The third-order valence-electron chi connectivity index (χ3n) is 5.84. The first kappa shape index (κ1) is 22.9. The molecule has 1 N–H and O–H groups in total. The molecule has 2 aliphatic heterocycles. The second-order valence-corrected chi connectivity index (χ2v) is 8.24. The van der Waals surface area contributed by atoms with Gasteiger partial charge in [-0.1, -0.05) is 0 Å². The van der Waals surface area contributed by atoms with Crippen LogP contribution in [0.4, 0.5) is 10.5 Å². The van der Waals surface area contributed by atoms with E-state index in [9.17, 15) is 19.2 Å². The first-order valence-corrected chi connectivity index (χ1v) is 11.0. The van der Waals surface area contributed by atoms with Gasteiger partial charge in [-0.15, -0.1) is 0 Å². The van der Waals surface area contributed by atoms with E-state index in [2.05, 4.69) is 5.32 Å². The van der Waals surface area contributed by atoms with Crippen LogP contribution in [0, 0.1) is 13.8 Å². The van der Waals surface area contributed by atoms with Crippen molar-refractivity contribution in [2.24, 2.45) is 0 Å². The van der Waals surface area contributed by atoms with Crippen LogP contribution < -0.4 is 24.4 Å². The van der Waals surface area contributed by atoms with Gasteiger partial charge in [0, 0.05) is 30.1 Å². The van der Waals surface area contributed by atoms with Crippen molar-refractivity contribution in [3.05, 3.63) is 71.1 Å². The SMILES string of the molecule is CC(=O)Oc1ccc(-n2c(C)cc(/C=C3\C(=O)NC(=O)N(c4ccc5c(c4)OCO5)C3=O)c2C)cc1. The van der Waals surface area contributed by atoms with E-state index in [0.717, 1.165) is 22.0 Å². The fourth-order valence-electron chi connectivity index (χ4n) is 4.23. The van der Waals surface area contributed by atoms with Gasteiger partial charge in [-0.05, 0) is 68.0 Å². The highest BCUT2D eigenvalue weighted by molar-refractivity contribution is 6.39. The molecular formula is C26H21N3O7. The maximum atomic E-state index is 13.3. The quantitative estimate of drug-likeness (QED) is 0.259. The zero-order valence-electron chi connectivity index (χ0n) is 19.7. The lowest BCUT2D eigenvalue weighted by Gasteiger charge is -2.26. The normalized spacial score (nSPS) is 15.9. The number of rotatable bonds is 4. The number of nitrogens with one attached hydrogen (secondary N) is 1. The Bertz CT molecular complexity index is 1470. The lowest BCUT2D eigenvalue weighted by molar-refractivity contribution is -0.132. The molecular weight excluding hydrogens is 466 g/mol. The van der Waals surface area contributed by atoms with Crippen LogP contribution in [-0.4, -0.2) is 35.2 Å². The van der Waals surface area contributed by atoms with E-state index in [-0.39, 0.29) is 18.1 Å². The number of carbonyl (C=O) groups excluding carboxylic acids is 4. The third-order valence-corrected chi connectivity index (χ3v) is 5.84. The van der Waals surface area contributed by atoms with Crippen LogP contribution in [0.5, 0.6) is 17.2 Å². The molecule has 0 unspecified atom stereocenters. The van der Waals surface area contributed by atoms with Crippen molar-refractivity contribution in [3.63, 3.8) is 0 Å². The van der Waals surface area contributed by atoms with Crippen molar-refractivity contribution in [1.29, 1.82) is 0 Å². The Hall–Kier alpha value is -4.86. The molecule has 3 heterocycles. The summed E-state index contributed by atoms with van der Waals surface area (Å²) in [6.07, 6.45) is 1.47. The van der Waals surface area contributed by atoms with Crippen molar-refractivity contribution >= 4 is 35.6 Å². The molecule has 3 aromatic rings. The van der Waals surface area contributed by atoms with Gasteiger partial charge in [-0.2, -0.15) is 0 Å². The number of imide groups is 2. The van der Waals surface area contributed by atoms with Crippen molar-refractivity contribution in [2.45, 2.75) is 20.8 Å². The molecule has 36 heavy (non-hydrogen) atoms. The summed E-state index contributed by atoms with van der Waals surface area (Å²) in [5.41, 5.74) is 3.13. The highest BCUT2D eigenvalue weighted by atomic mass is 16.7. The number of nitrogens with zero attached hydrogens (tertiary/aromatic N) is 2. The van der Waals surface area contributed by atoms with Crippen LogP contribution in [0.25, 0.3) is 11.8 Å². The molecule has 10 heteroatoms. The molecule has 1 aromatic heterocycles. The fraction of sp³-hybridized carbons (Fsp3) is 0.154. The third kappa shape index (κ3) is 3.98. The Morgan fingerprint density at radius 3 is 2.39 bits per heavy atom. The van der Waals surface area contributed by atoms with Gasteiger partial charge in [0.2, 0.25) is 6.79 Å². The summed E-state index contributed by atoms with van der Waals surface area (Å²) in [5.74, 6) is -0.610. The highest BCUT2D eigenvalue weighted by Crippen LogP contribution is 2.36. The van der Waals surface area contributed by atoms with Crippen molar-refractivity contribution in [1.82, 2.24) is 9.88 Å². The Morgan fingerprint density at radius 1 is 0.972 bits per heavy atom. The molecule has 0 aliphatic carbocycles. The van der Waals surface area contributed by atoms with Crippen molar-refractivity contribution < 1.29 is 33.4 Å². The summed E-state index contributed by atoms with van der Waals surface area (Å²) in [6, 6.07) is 12.6. The van der Waals surface area contributed by atoms with Crippen LogP contribution in [0.15, 0.2) is 54.1 Å². The van der Waals surface area contributed by atoms with E-state index in [1.54, 1.807) is 36.4 Å². The molecule has 1 saturated heterocycles. The van der Waals surface area contributed by atoms with E-state index >= 15 is 0 Å². The zero-order valence-corrected chi connectivity index (χ0v) is 19.7. The molecule has 182 valence electrons. The van der Waals surface area contributed by atoms with E-state index in [1.165, 1.54) is 19.1 Å². The first-order chi connectivity index (χ1) is 17.2. The van der Waals surface area contributed by atoms with Gasteiger partial charge in [-0.3, -0.25) is 19.7 Å². The van der Waals surface area contributed by atoms with Gasteiger partial charge >= 0.3 is 12.0 Å². The molecule has 0 bridgehead atoms. The minimum absolute atomic E-state index is 0.0463. The number of aromatic nitrogens is 1. The summed E-state index contributed by atoms with van der Waals surface area (Å²) in [5, 5.41) is 2.23. The predicted molar refractivity (Wildman–Crippen MR) is 128 cm³/mol. The van der Waals surface area contributed by atoms with Crippen molar-refractivity contribution in [2.75, 3.05) is 11.7 Å². The minimum Gasteiger partial charge on any atom is -0.454 e. The van der Waals surface area contributed by atoms with Gasteiger partial charge in [0.15, 0.2) is 11.5 Å². The molecule has 2 aliphatic rings. The summed E-state index contributed by atoms with van der Waals surface area (Å²) < 4.78 is 17.7. The van der Waals surface area contributed by atoms with Crippen LogP contribution in [-0.2, 0) is 14.4 Å². The molecule has 10 nitrogen and oxygen atoms in total. The van der Waals surface area contributed by atoms with E-state index < -0.39 is 23.8 Å². The lowest BCUT2D eigenvalue weighted by Crippen LogP contribution is -2.54. The number of esters is 1. The van der Waals surface area contributed by atoms with Crippen LogP contribution in [0.3, 0.4) is 0 Å². The molecule has 1 fully saturated rings. The van der Waals surface area contributed by atoms with Crippen molar-refractivity contribution in [3.8, 4) is 22.9 Å². The molecule has 5 rings (SSSR count). The Labute approximate surface area is 205 Å². The zero-order chi connectivity index (χ0) is 25.6. The number of hydrogen-bond acceptors (Lipinski definition) is 7. The second kappa shape index (κ2) is 8.73. The summed E-state index contributed by atoms with van der Waals surface area (Å²) >= 11 is 0. The van der Waals surface area contributed by atoms with Crippen LogP contribution in [0.1, 0.15) is 23.9 Å². The summed E-state index contributed by atoms with van der Waals surface area (Å²) in [6.45, 7) is 5.12. The van der Waals surface area contributed by atoms with E-state index in [0.29, 0.717) is 22.8 Å². The standard InChI is InChI=1S/C26H21N3O7/c1-14-10-17(15(2)28(14)18-4-7-20(8-5-18)36-16(3)30)11-21-24(31)27-26(33)29(25(21)32)19-6-9-22-23(12-19)35-13-34-22/h4-12H,13H2,1-3H3,(H,27,31,33)/b21-11+. The molecule has 0 spiro atoms. The number of amides is 4. The van der Waals surface area contributed by atoms with E-state index in [1.807, 2.05) is 24.5 Å². The Kier molecular flexibility index (Phi) is 5.56. The average molecular weight is 487 g/mol. The molecule has 2 aromatic carbocycles. The Balaban J connectivity index is 1.49. The number of ether oxygens (including phenoxy) is 3. The number of urea groups is 1. The van der Waals surface area contributed by atoms with Gasteiger partial charge < -0.3 is 18.8 Å². The lowest BCUT2D eigenvalue weighted by atomic mass is 10.1. The number of hydrogen-bond donors (Lipinski definition) is 1. The Morgan fingerprint density at radius 2 is 1.67 bits per heavy atom. The maximum Gasteiger partial charge on any atom is 0.335 e. The number of barbiturate groups is 1. The van der Waals surface area contributed by atoms with Gasteiger partial charge in [0.05, 0.1) is 5.69 Å². The fourth-order valence-corrected chi connectivity index (χ4v) is 4.23. The first-order valence-electron chi connectivity index (χ1n) is 11.0. The number of anilines is 1. The second-order valence-electron chi connectivity index (χ2n) is 8.24. The minimum atomic E-state index is -0.848. The van der Waals surface area contributed by atoms with Gasteiger partial charge in [0.25, 0.3) is 11.8 Å². The molecule has 0 saturated carbocycles. The number of fused-ring (bicyclic) bond motifs is 1. The monoisotopic (exact) mass is 487 g/mol. The molecule has 0 atom stereocenters. The number of benzene rings is 2. The summed E-state index contributed by atoms with van der Waals surface area (Å²) in [4.78, 5) is 50.6. The van der Waals surface area contributed by atoms with E-state index in [4.69, 9.17) is 14.2 Å². The van der Waals surface area contributed by atoms with Gasteiger partial charge in [0.1, 0.15) is 11.3 Å². The smallest absolute Gasteiger partial charge is 0.335 e. The molecule has 4 amide bonds. The highest BCUT2D eigenvalue weighted by Gasteiger charge is 2.37. The predicted octanol–water partition coefficient (Wildman–Crippen LogP) is 3.41. The summed E-state index contributed by atoms with van der Waals surface area (Å²) in [7, 11) is 0. The van der Waals surface area contributed by atoms with Crippen LogP contribution >= 0.6 is 0 Å². The number of aryl methyl sites for hydroxylation is 1. The largest absolute Gasteiger partial charge is 0.454 e. The maximum absolute atomic E-state index is 13.3. The molecule has 0 radical (unpaired) electrons. The number of carbonyl (C=O) groups is 4.